The van der Waals surface area contributed by atoms with Gasteiger partial charge in [0.2, 0.25) is 5.89 Å². The Bertz CT molecular complexity index is 741. The lowest BCUT2D eigenvalue weighted by atomic mass is 9.90. The molecular formula is C19H25N5O2. The maximum atomic E-state index is 12.3. The predicted molar refractivity (Wildman–Crippen MR) is 95.9 cm³/mol. The van der Waals surface area contributed by atoms with Crippen molar-refractivity contribution in [3.05, 3.63) is 41.8 Å². The predicted octanol–water partition coefficient (Wildman–Crippen LogP) is 3.03. The Balaban J connectivity index is 1.59. The molecule has 4 rings (SSSR count). The SMILES string of the molecule is CCNC(=O)N1C[C@@H](c2cccnc2)[C@H](c2nc(C3CCCC3)no2)C1. The summed E-state index contributed by atoms with van der Waals surface area (Å²) in [6.07, 6.45) is 8.39. The molecule has 138 valence electrons. The molecule has 2 aliphatic rings. The highest BCUT2D eigenvalue weighted by molar-refractivity contribution is 5.74. The van der Waals surface area contributed by atoms with Crippen LogP contribution in [0.5, 0.6) is 0 Å². The van der Waals surface area contributed by atoms with E-state index in [1.165, 1.54) is 12.8 Å². The first-order valence-corrected chi connectivity index (χ1v) is 9.52. The second-order valence-corrected chi connectivity index (χ2v) is 7.21. The number of rotatable bonds is 4. The van der Waals surface area contributed by atoms with Crippen LogP contribution >= 0.6 is 0 Å². The summed E-state index contributed by atoms with van der Waals surface area (Å²) in [5.74, 6) is 2.02. The van der Waals surface area contributed by atoms with Crippen molar-refractivity contribution >= 4 is 6.03 Å². The normalized spacial score (nSPS) is 23.5. The fraction of sp³-hybridized carbons (Fsp3) is 0.579. The van der Waals surface area contributed by atoms with Crippen molar-refractivity contribution in [3.63, 3.8) is 0 Å². The fourth-order valence-electron chi connectivity index (χ4n) is 4.16. The van der Waals surface area contributed by atoms with Gasteiger partial charge in [0.15, 0.2) is 5.82 Å². The number of carbonyl (C=O) groups excluding carboxylic acids is 1. The van der Waals surface area contributed by atoms with Crippen LogP contribution in [0.25, 0.3) is 0 Å². The molecule has 2 atom stereocenters. The minimum atomic E-state index is -0.0422. The highest BCUT2D eigenvalue weighted by atomic mass is 16.5. The van der Waals surface area contributed by atoms with Gasteiger partial charge in [-0.3, -0.25) is 4.98 Å². The smallest absolute Gasteiger partial charge is 0.317 e. The second kappa shape index (κ2) is 7.43. The van der Waals surface area contributed by atoms with Crippen molar-refractivity contribution in [2.75, 3.05) is 19.6 Å². The largest absolute Gasteiger partial charge is 0.339 e. The molecular weight excluding hydrogens is 330 g/mol. The molecule has 2 amide bonds. The molecule has 1 saturated carbocycles. The molecule has 1 aliphatic carbocycles. The van der Waals surface area contributed by atoms with Crippen LogP contribution in [0.2, 0.25) is 0 Å². The van der Waals surface area contributed by atoms with Crippen molar-refractivity contribution in [1.82, 2.24) is 25.3 Å². The summed E-state index contributed by atoms with van der Waals surface area (Å²) in [6, 6.07) is 3.94. The summed E-state index contributed by atoms with van der Waals surface area (Å²) in [7, 11) is 0. The Morgan fingerprint density at radius 1 is 1.31 bits per heavy atom. The lowest BCUT2D eigenvalue weighted by molar-refractivity contribution is 0.208. The molecule has 0 bridgehead atoms. The third kappa shape index (κ3) is 3.30. The van der Waals surface area contributed by atoms with Gasteiger partial charge in [0.25, 0.3) is 0 Å². The highest BCUT2D eigenvalue weighted by Gasteiger charge is 2.40. The molecule has 7 heteroatoms. The van der Waals surface area contributed by atoms with Gasteiger partial charge in [-0.15, -0.1) is 0 Å². The first kappa shape index (κ1) is 17.0. The molecule has 3 heterocycles. The Labute approximate surface area is 153 Å². The van der Waals surface area contributed by atoms with E-state index in [-0.39, 0.29) is 17.9 Å². The van der Waals surface area contributed by atoms with Crippen molar-refractivity contribution in [3.8, 4) is 0 Å². The van der Waals surface area contributed by atoms with E-state index in [0.29, 0.717) is 31.4 Å². The summed E-state index contributed by atoms with van der Waals surface area (Å²) in [4.78, 5) is 23.2. The molecule has 1 N–H and O–H groups in total. The Morgan fingerprint density at radius 3 is 2.85 bits per heavy atom. The van der Waals surface area contributed by atoms with Crippen LogP contribution in [-0.4, -0.2) is 45.7 Å². The first-order valence-electron chi connectivity index (χ1n) is 9.52. The zero-order valence-electron chi connectivity index (χ0n) is 15.1. The molecule has 2 fully saturated rings. The zero-order valence-corrected chi connectivity index (χ0v) is 15.1. The molecule has 1 aliphatic heterocycles. The van der Waals surface area contributed by atoms with Gasteiger partial charge < -0.3 is 14.7 Å². The minimum absolute atomic E-state index is 0.00413. The quantitative estimate of drug-likeness (QED) is 0.911. The zero-order chi connectivity index (χ0) is 17.9. The molecule has 1 saturated heterocycles. The number of hydrogen-bond donors (Lipinski definition) is 1. The van der Waals surface area contributed by atoms with Crippen molar-refractivity contribution in [1.29, 1.82) is 0 Å². The van der Waals surface area contributed by atoms with Crippen LogP contribution in [0.15, 0.2) is 29.0 Å². The van der Waals surface area contributed by atoms with E-state index in [1.54, 1.807) is 6.20 Å². The van der Waals surface area contributed by atoms with Gasteiger partial charge in [0.05, 0.1) is 5.92 Å². The van der Waals surface area contributed by atoms with E-state index in [9.17, 15) is 4.79 Å². The molecule has 0 radical (unpaired) electrons. The minimum Gasteiger partial charge on any atom is -0.339 e. The highest BCUT2D eigenvalue weighted by Crippen LogP contribution is 2.40. The number of nitrogens with zero attached hydrogens (tertiary/aromatic N) is 4. The van der Waals surface area contributed by atoms with E-state index in [1.807, 2.05) is 24.1 Å². The Kier molecular flexibility index (Phi) is 4.86. The van der Waals surface area contributed by atoms with Crippen molar-refractivity contribution in [2.45, 2.75) is 50.4 Å². The van der Waals surface area contributed by atoms with E-state index < -0.39 is 0 Å². The molecule has 2 aromatic heterocycles. The van der Waals surface area contributed by atoms with Crippen LogP contribution in [-0.2, 0) is 0 Å². The first-order chi connectivity index (χ1) is 12.8. The molecule has 0 unspecified atom stereocenters. The maximum Gasteiger partial charge on any atom is 0.317 e. The van der Waals surface area contributed by atoms with Crippen LogP contribution in [0.3, 0.4) is 0 Å². The number of nitrogens with one attached hydrogen (secondary N) is 1. The lowest BCUT2D eigenvalue weighted by Crippen LogP contribution is -2.38. The monoisotopic (exact) mass is 355 g/mol. The standard InChI is InChI=1S/C19H25N5O2/c1-2-21-19(25)24-11-15(14-8-5-9-20-10-14)16(12-24)18-22-17(23-26-18)13-6-3-4-7-13/h5,8-10,13,15-16H,2-4,6-7,11-12H2,1H3,(H,21,25)/t15-,16+/m0/s1. The fourth-order valence-corrected chi connectivity index (χ4v) is 4.16. The summed E-state index contributed by atoms with van der Waals surface area (Å²) < 4.78 is 5.66. The van der Waals surface area contributed by atoms with E-state index in [4.69, 9.17) is 9.51 Å². The van der Waals surface area contributed by atoms with E-state index in [0.717, 1.165) is 24.2 Å². The molecule has 26 heavy (non-hydrogen) atoms. The lowest BCUT2D eigenvalue weighted by Gasteiger charge is -2.16. The van der Waals surface area contributed by atoms with Gasteiger partial charge in [0, 0.05) is 43.9 Å². The Hall–Kier alpha value is -2.44. The summed E-state index contributed by atoms with van der Waals surface area (Å²) in [5, 5.41) is 7.14. The number of aromatic nitrogens is 3. The van der Waals surface area contributed by atoms with Crippen molar-refractivity contribution < 1.29 is 9.32 Å². The van der Waals surface area contributed by atoms with Gasteiger partial charge in [-0.1, -0.05) is 24.1 Å². The maximum absolute atomic E-state index is 12.3. The number of pyridine rings is 1. The second-order valence-electron chi connectivity index (χ2n) is 7.21. The molecule has 0 spiro atoms. The average Bonchev–Trinajstić information content (AvgIpc) is 3.41. The number of hydrogen-bond acceptors (Lipinski definition) is 5. The van der Waals surface area contributed by atoms with Gasteiger partial charge >= 0.3 is 6.03 Å². The number of urea groups is 1. The van der Waals surface area contributed by atoms with Crippen LogP contribution in [0, 0.1) is 0 Å². The van der Waals surface area contributed by atoms with Gasteiger partial charge in [-0.05, 0) is 31.4 Å². The molecule has 0 aromatic carbocycles. The topological polar surface area (TPSA) is 84.2 Å². The molecule has 2 aromatic rings. The third-order valence-electron chi connectivity index (χ3n) is 5.54. The summed E-state index contributed by atoms with van der Waals surface area (Å²) in [5.41, 5.74) is 1.10. The third-order valence-corrected chi connectivity index (χ3v) is 5.54. The summed E-state index contributed by atoms with van der Waals surface area (Å²) in [6.45, 7) is 3.75. The number of carbonyl (C=O) groups is 1. The number of amides is 2. The van der Waals surface area contributed by atoms with E-state index >= 15 is 0 Å². The molecule has 7 nitrogen and oxygen atoms in total. The van der Waals surface area contributed by atoms with Gasteiger partial charge in [-0.25, -0.2) is 4.79 Å². The summed E-state index contributed by atoms with van der Waals surface area (Å²) >= 11 is 0. The van der Waals surface area contributed by atoms with Crippen LogP contribution in [0.4, 0.5) is 4.79 Å². The van der Waals surface area contributed by atoms with E-state index in [2.05, 4.69) is 21.5 Å². The Morgan fingerprint density at radius 2 is 2.12 bits per heavy atom. The van der Waals surface area contributed by atoms with Gasteiger partial charge in [-0.2, -0.15) is 4.98 Å². The van der Waals surface area contributed by atoms with Gasteiger partial charge in [0.1, 0.15) is 0 Å². The van der Waals surface area contributed by atoms with Crippen LogP contribution < -0.4 is 5.32 Å². The number of likely N-dealkylation sites (tertiary alicyclic amines) is 1. The van der Waals surface area contributed by atoms with Crippen LogP contribution in [0.1, 0.15) is 67.6 Å². The average molecular weight is 355 g/mol. The van der Waals surface area contributed by atoms with Crippen molar-refractivity contribution in [2.24, 2.45) is 0 Å².